The Hall–Kier alpha value is -2.38. The van der Waals surface area contributed by atoms with Gasteiger partial charge >= 0.3 is 7.60 Å². The number of rotatable bonds is 8. The fourth-order valence-corrected chi connectivity index (χ4v) is 3.60. The maximum atomic E-state index is 12.8. The monoisotopic (exact) mass is 357 g/mol. The highest BCUT2D eigenvalue weighted by atomic mass is 31.2. The first-order valence-electron chi connectivity index (χ1n) is 7.95. The standard InChI is InChI=1S/C19H20NO4P/c1-3-22-25(21,23-4-2)19(15-20)14-16-9-8-12-18(13-16)24-17-10-6-5-7-11-17/h5-14H,3-4H2,1-2H3/b19-14-. The zero-order valence-corrected chi connectivity index (χ0v) is 15.1. The van der Waals surface area contributed by atoms with Crippen molar-refractivity contribution >= 4 is 13.7 Å². The normalized spacial score (nSPS) is 11.8. The molecular formula is C19H20NO4P. The summed E-state index contributed by atoms with van der Waals surface area (Å²) in [6.07, 6.45) is 1.50. The molecule has 0 amide bonds. The van der Waals surface area contributed by atoms with Gasteiger partial charge in [-0.05, 0) is 49.8 Å². The summed E-state index contributed by atoms with van der Waals surface area (Å²) in [5.41, 5.74) is 0.671. The quantitative estimate of drug-likeness (QED) is 0.454. The minimum absolute atomic E-state index is 0.0342. The minimum Gasteiger partial charge on any atom is -0.457 e. The first kappa shape index (κ1) is 19.0. The van der Waals surface area contributed by atoms with Crippen LogP contribution in [0.15, 0.2) is 59.9 Å². The molecule has 2 rings (SSSR count). The van der Waals surface area contributed by atoms with Crippen molar-refractivity contribution in [3.63, 3.8) is 0 Å². The van der Waals surface area contributed by atoms with Gasteiger partial charge in [0.1, 0.15) is 22.9 Å². The van der Waals surface area contributed by atoms with Crippen LogP contribution in [0.4, 0.5) is 0 Å². The topological polar surface area (TPSA) is 68.5 Å². The van der Waals surface area contributed by atoms with Crippen LogP contribution in [0.3, 0.4) is 0 Å². The SMILES string of the molecule is CCOP(=O)(OCC)/C(C#N)=C\c1cccc(Oc2ccccc2)c1. The average Bonchev–Trinajstić information content (AvgIpc) is 2.61. The van der Waals surface area contributed by atoms with Crippen molar-refractivity contribution < 1.29 is 18.3 Å². The van der Waals surface area contributed by atoms with Crippen LogP contribution in [0, 0.1) is 11.3 Å². The molecule has 6 heteroatoms. The van der Waals surface area contributed by atoms with Crippen molar-refractivity contribution in [2.75, 3.05) is 13.2 Å². The fraction of sp³-hybridized carbons (Fsp3) is 0.211. The van der Waals surface area contributed by atoms with Gasteiger partial charge in [0.2, 0.25) is 0 Å². The molecule has 0 N–H and O–H groups in total. The third-order valence-corrected chi connectivity index (χ3v) is 5.16. The maximum Gasteiger partial charge on any atom is 0.371 e. The molecule has 0 radical (unpaired) electrons. The number of ether oxygens (including phenoxy) is 1. The van der Waals surface area contributed by atoms with E-state index in [1.165, 1.54) is 6.08 Å². The maximum absolute atomic E-state index is 12.8. The number of para-hydroxylation sites is 1. The first-order valence-corrected chi connectivity index (χ1v) is 9.50. The molecule has 5 nitrogen and oxygen atoms in total. The van der Waals surface area contributed by atoms with Gasteiger partial charge in [-0.15, -0.1) is 0 Å². The van der Waals surface area contributed by atoms with E-state index >= 15 is 0 Å². The van der Waals surface area contributed by atoms with E-state index in [9.17, 15) is 9.83 Å². The third kappa shape index (κ3) is 5.30. The van der Waals surface area contributed by atoms with E-state index in [0.29, 0.717) is 17.1 Å². The molecular weight excluding hydrogens is 337 g/mol. The molecule has 0 saturated carbocycles. The second-order valence-electron chi connectivity index (χ2n) is 4.96. The highest BCUT2D eigenvalue weighted by Gasteiger charge is 2.29. The summed E-state index contributed by atoms with van der Waals surface area (Å²) in [4.78, 5) is 0. The summed E-state index contributed by atoms with van der Waals surface area (Å²) >= 11 is 0. The first-order chi connectivity index (χ1) is 12.1. The van der Waals surface area contributed by atoms with Gasteiger partial charge in [0.15, 0.2) is 0 Å². The van der Waals surface area contributed by atoms with Crippen molar-refractivity contribution in [3.05, 3.63) is 65.5 Å². The van der Waals surface area contributed by atoms with E-state index in [1.807, 2.05) is 36.4 Å². The van der Waals surface area contributed by atoms with Gasteiger partial charge in [-0.25, -0.2) is 0 Å². The lowest BCUT2D eigenvalue weighted by Gasteiger charge is -2.15. The highest BCUT2D eigenvalue weighted by Crippen LogP contribution is 2.56. The van der Waals surface area contributed by atoms with E-state index in [-0.39, 0.29) is 18.5 Å². The number of hydrogen-bond acceptors (Lipinski definition) is 5. The molecule has 0 saturated heterocycles. The van der Waals surface area contributed by atoms with Gasteiger partial charge in [0, 0.05) is 0 Å². The molecule has 0 bridgehead atoms. The van der Waals surface area contributed by atoms with Crippen LogP contribution < -0.4 is 4.74 Å². The molecule has 0 atom stereocenters. The molecule has 0 spiro atoms. The summed E-state index contributed by atoms with van der Waals surface area (Å²) in [5.74, 6) is 1.32. The Morgan fingerprint density at radius 3 is 2.28 bits per heavy atom. The zero-order valence-electron chi connectivity index (χ0n) is 14.2. The number of nitriles is 1. The van der Waals surface area contributed by atoms with E-state index in [0.717, 1.165) is 0 Å². The van der Waals surface area contributed by atoms with E-state index in [4.69, 9.17) is 13.8 Å². The smallest absolute Gasteiger partial charge is 0.371 e. The Labute approximate surface area is 148 Å². The Bertz CT molecular complexity index is 802. The summed E-state index contributed by atoms with van der Waals surface area (Å²) in [6, 6.07) is 18.5. The van der Waals surface area contributed by atoms with Gasteiger partial charge in [0.05, 0.1) is 13.2 Å². The molecule has 0 aliphatic rings. The van der Waals surface area contributed by atoms with Gasteiger partial charge in [0.25, 0.3) is 0 Å². The minimum atomic E-state index is -3.62. The van der Waals surface area contributed by atoms with Crippen LogP contribution in [0.1, 0.15) is 19.4 Å². The lowest BCUT2D eigenvalue weighted by Crippen LogP contribution is -1.97. The van der Waals surface area contributed by atoms with Crippen molar-refractivity contribution in [3.8, 4) is 17.6 Å². The summed E-state index contributed by atoms with van der Waals surface area (Å²) in [7, 11) is -3.62. The predicted molar refractivity (Wildman–Crippen MR) is 97.4 cm³/mol. The molecule has 25 heavy (non-hydrogen) atoms. The van der Waals surface area contributed by atoms with E-state index in [2.05, 4.69) is 0 Å². The van der Waals surface area contributed by atoms with E-state index < -0.39 is 7.60 Å². The van der Waals surface area contributed by atoms with Crippen LogP contribution in [-0.2, 0) is 13.6 Å². The molecule has 2 aromatic carbocycles. The number of hydrogen-bond donors (Lipinski definition) is 0. The van der Waals surface area contributed by atoms with Gasteiger partial charge in [-0.1, -0.05) is 30.3 Å². The second kappa shape index (κ2) is 9.19. The van der Waals surface area contributed by atoms with Crippen LogP contribution in [0.25, 0.3) is 6.08 Å². The molecule has 0 unspecified atom stereocenters. The molecule has 0 aliphatic heterocycles. The zero-order chi connectivity index (χ0) is 18.1. The molecule has 0 heterocycles. The van der Waals surface area contributed by atoms with Crippen molar-refractivity contribution in [1.82, 2.24) is 0 Å². The summed E-state index contributed by atoms with van der Waals surface area (Å²) in [6.45, 7) is 3.78. The molecule has 130 valence electrons. The van der Waals surface area contributed by atoms with Crippen molar-refractivity contribution in [2.24, 2.45) is 0 Å². The van der Waals surface area contributed by atoms with Gasteiger partial charge < -0.3 is 13.8 Å². The molecule has 0 aromatic heterocycles. The van der Waals surface area contributed by atoms with Crippen LogP contribution in [-0.4, -0.2) is 13.2 Å². The number of allylic oxidation sites excluding steroid dienone is 1. The average molecular weight is 357 g/mol. The van der Waals surface area contributed by atoms with E-state index in [1.54, 1.807) is 38.1 Å². The Balaban J connectivity index is 2.30. The second-order valence-corrected chi connectivity index (χ2v) is 6.96. The molecule has 2 aromatic rings. The molecule has 0 fully saturated rings. The number of nitrogens with zero attached hydrogens (tertiary/aromatic N) is 1. The predicted octanol–water partition coefficient (Wildman–Crippen LogP) is 5.61. The highest BCUT2D eigenvalue weighted by molar-refractivity contribution is 7.59. The van der Waals surface area contributed by atoms with Crippen LogP contribution in [0.5, 0.6) is 11.5 Å². The van der Waals surface area contributed by atoms with Gasteiger partial charge in [-0.2, -0.15) is 5.26 Å². The largest absolute Gasteiger partial charge is 0.457 e. The fourth-order valence-electron chi connectivity index (χ4n) is 2.14. The summed E-state index contributed by atoms with van der Waals surface area (Å²) < 4.78 is 29.0. The molecule has 0 aliphatic carbocycles. The lowest BCUT2D eigenvalue weighted by atomic mass is 10.2. The Morgan fingerprint density at radius 1 is 1.04 bits per heavy atom. The number of benzene rings is 2. The Morgan fingerprint density at radius 2 is 1.68 bits per heavy atom. The van der Waals surface area contributed by atoms with Gasteiger partial charge in [-0.3, -0.25) is 4.57 Å². The third-order valence-electron chi connectivity index (χ3n) is 3.15. The van der Waals surface area contributed by atoms with Crippen molar-refractivity contribution in [1.29, 1.82) is 5.26 Å². The summed E-state index contributed by atoms with van der Waals surface area (Å²) in [5, 5.41) is 9.36. The van der Waals surface area contributed by atoms with Crippen molar-refractivity contribution in [2.45, 2.75) is 13.8 Å². The lowest BCUT2D eigenvalue weighted by molar-refractivity contribution is 0.227. The van der Waals surface area contributed by atoms with Crippen LogP contribution >= 0.6 is 7.60 Å². The Kier molecular flexibility index (Phi) is 6.97. The van der Waals surface area contributed by atoms with Crippen LogP contribution in [0.2, 0.25) is 0 Å².